The molecule has 0 atom stereocenters. The van der Waals surface area contributed by atoms with Crippen LogP contribution in [0, 0.1) is 5.41 Å². The molecule has 2 fully saturated rings. The average Bonchev–Trinajstić information content (AvgIpc) is 2.97. The molecule has 1 spiro atoms. The quantitative estimate of drug-likeness (QED) is 0.797. The Kier molecular flexibility index (Phi) is 6.78. The fourth-order valence-corrected chi connectivity index (χ4v) is 4.23. The Hall–Kier alpha value is -0.290. The molecule has 0 aromatic heterocycles. The fourth-order valence-electron chi connectivity index (χ4n) is 3.59. The van der Waals surface area contributed by atoms with Gasteiger partial charge in [-0.1, -0.05) is 27.5 Å². The monoisotopic (exact) mass is 420 g/mol. The molecule has 0 bridgehead atoms. The number of hydrogen-bond acceptors (Lipinski definition) is 2. The lowest BCUT2D eigenvalue weighted by molar-refractivity contribution is -0.133. The first-order chi connectivity index (χ1) is 10.6. The van der Waals surface area contributed by atoms with Crippen LogP contribution in [0.4, 0.5) is 0 Å². The van der Waals surface area contributed by atoms with Crippen LogP contribution >= 0.6 is 39.9 Å². The van der Waals surface area contributed by atoms with Crippen molar-refractivity contribution in [2.24, 2.45) is 5.41 Å². The highest BCUT2D eigenvalue weighted by molar-refractivity contribution is 9.10. The predicted molar refractivity (Wildman–Crippen MR) is 100 cm³/mol. The van der Waals surface area contributed by atoms with Crippen molar-refractivity contribution >= 4 is 45.8 Å². The van der Waals surface area contributed by atoms with Gasteiger partial charge in [0.2, 0.25) is 5.91 Å². The lowest BCUT2D eigenvalue weighted by Gasteiger charge is -2.39. The van der Waals surface area contributed by atoms with Crippen molar-refractivity contribution in [3.8, 4) is 0 Å². The van der Waals surface area contributed by atoms with E-state index in [1.165, 1.54) is 6.42 Å². The van der Waals surface area contributed by atoms with Gasteiger partial charge in [0.25, 0.3) is 0 Å². The lowest BCUT2D eigenvalue weighted by atomic mass is 9.78. The number of carbonyl (C=O) groups excluding carboxylic acids is 1. The third-order valence-corrected chi connectivity index (χ3v) is 6.13. The summed E-state index contributed by atoms with van der Waals surface area (Å²) in [6.45, 7) is 4.09. The highest BCUT2D eigenvalue weighted by atomic mass is 79.9. The van der Waals surface area contributed by atoms with E-state index in [4.69, 9.17) is 11.6 Å². The number of benzene rings is 1. The number of rotatable bonds is 3. The van der Waals surface area contributed by atoms with Crippen molar-refractivity contribution in [2.75, 3.05) is 26.2 Å². The summed E-state index contributed by atoms with van der Waals surface area (Å²) >= 11 is 9.55. The molecule has 3 rings (SSSR count). The summed E-state index contributed by atoms with van der Waals surface area (Å²) in [5.74, 6) is 0.271. The highest BCUT2D eigenvalue weighted by Crippen LogP contribution is 2.37. The molecular formula is C17H23BrCl2N2O. The van der Waals surface area contributed by atoms with E-state index in [1.807, 2.05) is 23.1 Å². The molecule has 0 radical (unpaired) electrons. The smallest absolute Gasteiger partial charge is 0.222 e. The third kappa shape index (κ3) is 4.62. The second-order valence-electron chi connectivity index (χ2n) is 6.54. The number of piperidine rings is 1. The number of nitrogens with zero attached hydrogens (tertiary/aromatic N) is 1. The molecule has 2 aliphatic heterocycles. The molecule has 128 valence electrons. The van der Waals surface area contributed by atoms with Crippen molar-refractivity contribution in [1.82, 2.24) is 10.2 Å². The van der Waals surface area contributed by atoms with E-state index in [2.05, 4.69) is 21.2 Å². The van der Waals surface area contributed by atoms with Gasteiger partial charge in [-0.2, -0.15) is 0 Å². The molecule has 2 saturated heterocycles. The van der Waals surface area contributed by atoms with Gasteiger partial charge < -0.3 is 10.2 Å². The first-order valence-electron chi connectivity index (χ1n) is 8.00. The molecule has 1 N–H and O–H groups in total. The van der Waals surface area contributed by atoms with Crippen LogP contribution in [0.25, 0.3) is 0 Å². The number of halogens is 3. The molecular weight excluding hydrogens is 399 g/mol. The maximum Gasteiger partial charge on any atom is 0.222 e. The van der Waals surface area contributed by atoms with Crippen LogP contribution in [0.1, 0.15) is 31.2 Å². The minimum atomic E-state index is 0. The van der Waals surface area contributed by atoms with Gasteiger partial charge in [-0.05, 0) is 61.4 Å². The predicted octanol–water partition coefficient (Wildman–Crippen LogP) is 4.06. The molecule has 0 saturated carbocycles. The van der Waals surface area contributed by atoms with Crippen LogP contribution in [-0.2, 0) is 11.2 Å². The molecule has 6 heteroatoms. The van der Waals surface area contributed by atoms with E-state index >= 15 is 0 Å². The van der Waals surface area contributed by atoms with Gasteiger partial charge in [0.1, 0.15) is 0 Å². The third-order valence-electron chi connectivity index (χ3n) is 5.12. The summed E-state index contributed by atoms with van der Waals surface area (Å²) in [5, 5.41) is 4.19. The Balaban J connectivity index is 0.00000192. The highest BCUT2D eigenvalue weighted by Gasteiger charge is 2.37. The van der Waals surface area contributed by atoms with Gasteiger partial charge in [-0.3, -0.25) is 4.79 Å². The standard InChI is InChI=1S/C17H22BrClN2O.ClH/c18-15-3-2-14(19)11-13(15)1-4-16(22)21-9-6-17(7-10-21)5-8-20-12-17;/h2-3,11,20H,1,4-10,12H2;1H. The summed E-state index contributed by atoms with van der Waals surface area (Å²) in [5.41, 5.74) is 1.57. The van der Waals surface area contributed by atoms with E-state index < -0.39 is 0 Å². The van der Waals surface area contributed by atoms with Crippen molar-refractivity contribution in [2.45, 2.75) is 32.1 Å². The molecule has 3 nitrogen and oxygen atoms in total. The zero-order chi connectivity index (χ0) is 15.6. The average molecular weight is 422 g/mol. The van der Waals surface area contributed by atoms with Gasteiger partial charge in [-0.15, -0.1) is 12.4 Å². The number of hydrogen-bond donors (Lipinski definition) is 1. The first kappa shape index (κ1) is 19.0. The summed E-state index contributed by atoms with van der Waals surface area (Å²) < 4.78 is 1.03. The van der Waals surface area contributed by atoms with Crippen molar-refractivity contribution in [3.63, 3.8) is 0 Å². The molecule has 1 amide bonds. The number of nitrogens with one attached hydrogen (secondary N) is 1. The minimum Gasteiger partial charge on any atom is -0.343 e. The lowest BCUT2D eigenvalue weighted by Crippen LogP contribution is -2.44. The number of likely N-dealkylation sites (tertiary alicyclic amines) is 1. The zero-order valence-electron chi connectivity index (χ0n) is 13.1. The molecule has 1 aromatic rings. The van der Waals surface area contributed by atoms with E-state index in [0.29, 0.717) is 11.8 Å². The van der Waals surface area contributed by atoms with Crippen LogP contribution in [0.15, 0.2) is 22.7 Å². The Morgan fingerprint density at radius 3 is 2.70 bits per heavy atom. The van der Waals surface area contributed by atoms with Crippen LogP contribution in [0.5, 0.6) is 0 Å². The Bertz CT molecular complexity index is 552. The molecule has 23 heavy (non-hydrogen) atoms. The maximum atomic E-state index is 12.4. The SMILES string of the molecule is Cl.O=C(CCc1cc(Cl)ccc1Br)N1CCC2(CCNC2)CC1. The molecule has 2 heterocycles. The zero-order valence-corrected chi connectivity index (χ0v) is 16.3. The van der Waals surface area contributed by atoms with Gasteiger partial charge in [0.05, 0.1) is 0 Å². The Labute approximate surface area is 157 Å². The Morgan fingerprint density at radius 2 is 2.04 bits per heavy atom. The summed E-state index contributed by atoms with van der Waals surface area (Å²) in [7, 11) is 0. The number of amides is 1. The van der Waals surface area contributed by atoms with Crippen LogP contribution in [0.3, 0.4) is 0 Å². The first-order valence-corrected chi connectivity index (χ1v) is 9.18. The second kappa shape index (κ2) is 8.19. The normalized spacial score (nSPS) is 19.7. The number of aryl methyl sites for hydroxylation is 1. The van der Waals surface area contributed by atoms with E-state index in [1.54, 1.807) is 0 Å². The molecule has 0 unspecified atom stereocenters. The fraction of sp³-hybridized carbons (Fsp3) is 0.588. The Morgan fingerprint density at radius 1 is 1.30 bits per heavy atom. The van der Waals surface area contributed by atoms with Crippen LogP contribution < -0.4 is 5.32 Å². The van der Waals surface area contributed by atoms with Gasteiger partial charge in [0, 0.05) is 35.6 Å². The van der Waals surface area contributed by atoms with E-state index in [9.17, 15) is 4.79 Å². The topological polar surface area (TPSA) is 32.3 Å². The largest absolute Gasteiger partial charge is 0.343 e. The summed E-state index contributed by atoms with van der Waals surface area (Å²) in [4.78, 5) is 14.5. The molecule has 2 aliphatic rings. The summed E-state index contributed by atoms with van der Waals surface area (Å²) in [6, 6.07) is 5.74. The summed E-state index contributed by atoms with van der Waals surface area (Å²) in [6.07, 6.45) is 4.86. The maximum absolute atomic E-state index is 12.4. The van der Waals surface area contributed by atoms with E-state index in [0.717, 1.165) is 60.5 Å². The van der Waals surface area contributed by atoms with Gasteiger partial charge in [-0.25, -0.2) is 0 Å². The molecule has 0 aliphatic carbocycles. The van der Waals surface area contributed by atoms with Crippen molar-refractivity contribution < 1.29 is 4.79 Å². The van der Waals surface area contributed by atoms with E-state index in [-0.39, 0.29) is 18.3 Å². The van der Waals surface area contributed by atoms with Crippen molar-refractivity contribution in [1.29, 1.82) is 0 Å². The van der Waals surface area contributed by atoms with Gasteiger partial charge in [0.15, 0.2) is 0 Å². The number of carbonyl (C=O) groups is 1. The van der Waals surface area contributed by atoms with Crippen LogP contribution in [0.2, 0.25) is 5.02 Å². The van der Waals surface area contributed by atoms with Crippen molar-refractivity contribution in [3.05, 3.63) is 33.3 Å². The second-order valence-corrected chi connectivity index (χ2v) is 7.83. The van der Waals surface area contributed by atoms with Crippen LogP contribution in [-0.4, -0.2) is 37.0 Å². The minimum absolute atomic E-state index is 0. The molecule has 1 aromatic carbocycles. The van der Waals surface area contributed by atoms with Gasteiger partial charge >= 0.3 is 0 Å².